The van der Waals surface area contributed by atoms with Crippen molar-refractivity contribution < 1.29 is 4.79 Å². The normalized spacial score (nSPS) is 28.6. The molecule has 3 heteroatoms. The lowest BCUT2D eigenvalue weighted by Gasteiger charge is -2.37. The predicted molar refractivity (Wildman–Crippen MR) is 70.1 cm³/mol. The fraction of sp³-hybridized carbons (Fsp3) is 0.786. The minimum Gasteiger partial charge on any atom is -0.303 e. The highest BCUT2D eigenvalue weighted by atomic mass is 16.1. The number of ketones is 1. The number of carbonyl (C=O) groups is 1. The van der Waals surface area contributed by atoms with Gasteiger partial charge in [-0.05, 0) is 45.4 Å². The zero-order chi connectivity index (χ0) is 12.3. The number of likely N-dealkylation sites (N-methyl/N-ethyl adjacent to an activating group) is 2. The van der Waals surface area contributed by atoms with Crippen molar-refractivity contribution in [3.05, 3.63) is 11.6 Å². The highest BCUT2D eigenvalue weighted by molar-refractivity contribution is 5.99. The molecule has 2 aliphatic rings. The first-order valence-corrected chi connectivity index (χ1v) is 6.80. The highest BCUT2D eigenvalue weighted by Crippen LogP contribution is 2.21. The van der Waals surface area contributed by atoms with Crippen LogP contribution in [0.3, 0.4) is 0 Å². The molecule has 0 aromatic carbocycles. The molecule has 1 unspecified atom stereocenters. The Bertz CT molecular complexity index is 311. The number of nitrogens with zero attached hydrogens (tertiary/aromatic N) is 2. The van der Waals surface area contributed by atoms with Crippen LogP contribution in [-0.2, 0) is 4.79 Å². The molecule has 0 aromatic heterocycles. The minimum atomic E-state index is 0.0816. The van der Waals surface area contributed by atoms with E-state index in [1.54, 1.807) is 0 Å². The van der Waals surface area contributed by atoms with Crippen LogP contribution in [0.15, 0.2) is 11.6 Å². The maximum Gasteiger partial charge on any atom is 0.176 e. The van der Waals surface area contributed by atoms with Crippen LogP contribution < -0.4 is 0 Å². The van der Waals surface area contributed by atoms with Gasteiger partial charge in [0, 0.05) is 19.6 Å². The van der Waals surface area contributed by atoms with E-state index in [4.69, 9.17) is 0 Å². The van der Waals surface area contributed by atoms with Crippen LogP contribution in [-0.4, -0.2) is 55.4 Å². The van der Waals surface area contributed by atoms with Crippen molar-refractivity contribution in [1.82, 2.24) is 9.80 Å². The third-order valence-corrected chi connectivity index (χ3v) is 4.01. The second kappa shape index (κ2) is 5.78. The van der Waals surface area contributed by atoms with Gasteiger partial charge in [0.25, 0.3) is 0 Å². The van der Waals surface area contributed by atoms with Crippen molar-refractivity contribution in [2.75, 3.05) is 33.7 Å². The predicted octanol–water partition coefficient (Wildman–Crippen LogP) is 1.69. The third kappa shape index (κ3) is 3.17. The Labute approximate surface area is 104 Å². The zero-order valence-electron chi connectivity index (χ0n) is 11.1. The lowest BCUT2D eigenvalue weighted by molar-refractivity contribution is -0.122. The van der Waals surface area contributed by atoms with Crippen molar-refractivity contribution in [2.45, 2.75) is 38.1 Å². The highest BCUT2D eigenvalue weighted by Gasteiger charge is 2.30. The summed E-state index contributed by atoms with van der Waals surface area (Å²) in [6.45, 7) is 2.95. The van der Waals surface area contributed by atoms with Crippen LogP contribution in [0.2, 0.25) is 0 Å². The standard InChI is InChI=1S/C14H24N2O/c1-15-9-10-16(2)13(11-15)14(17)12-7-5-3-4-6-8-12/h7,13H,3-6,8-11H2,1-2H3. The van der Waals surface area contributed by atoms with Gasteiger partial charge in [0.05, 0.1) is 6.04 Å². The van der Waals surface area contributed by atoms with Gasteiger partial charge < -0.3 is 4.90 Å². The van der Waals surface area contributed by atoms with E-state index in [1.165, 1.54) is 19.3 Å². The molecule has 0 spiro atoms. The van der Waals surface area contributed by atoms with Crippen LogP contribution in [0.1, 0.15) is 32.1 Å². The van der Waals surface area contributed by atoms with E-state index >= 15 is 0 Å². The van der Waals surface area contributed by atoms with Crippen molar-refractivity contribution >= 4 is 5.78 Å². The van der Waals surface area contributed by atoms with Gasteiger partial charge in [-0.2, -0.15) is 0 Å². The summed E-state index contributed by atoms with van der Waals surface area (Å²) < 4.78 is 0. The van der Waals surface area contributed by atoms with E-state index in [-0.39, 0.29) is 6.04 Å². The summed E-state index contributed by atoms with van der Waals surface area (Å²) in [5, 5.41) is 0. The van der Waals surface area contributed by atoms with Crippen molar-refractivity contribution in [3.8, 4) is 0 Å². The average Bonchev–Trinajstić information content (AvgIpc) is 2.60. The number of hydrogen-bond acceptors (Lipinski definition) is 3. The zero-order valence-corrected chi connectivity index (χ0v) is 11.1. The molecule has 2 rings (SSSR count). The summed E-state index contributed by atoms with van der Waals surface area (Å²) in [6.07, 6.45) is 7.98. The molecule has 0 aromatic rings. The summed E-state index contributed by atoms with van der Waals surface area (Å²) >= 11 is 0. The first-order chi connectivity index (χ1) is 8.18. The average molecular weight is 236 g/mol. The Morgan fingerprint density at radius 2 is 2.06 bits per heavy atom. The molecule has 3 nitrogen and oxygen atoms in total. The molecule has 0 radical (unpaired) electrons. The van der Waals surface area contributed by atoms with Gasteiger partial charge in [0.2, 0.25) is 0 Å². The van der Waals surface area contributed by atoms with E-state index in [0.717, 1.165) is 38.0 Å². The molecule has 1 aliphatic heterocycles. The Morgan fingerprint density at radius 3 is 2.88 bits per heavy atom. The van der Waals surface area contributed by atoms with Gasteiger partial charge in [-0.25, -0.2) is 0 Å². The van der Waals surface area contributed by atoms with Crippen molar-refractivity contribution in [2.24, 2.45) is 0 Å². The molecule has 1 heterocycles. The van der Waals surface area contributed by atoms with Gasteiger partial charge >= 0.3 is 0 Å². The van der Waals surface area contributed by atoms with Gasteiger partial charge in [0.15, 0.2) is 5.78 Å². The summed E-state index contributed by atoms with van der Waals surface area (Å²) in [5.41, 5.74) is 1.09. The van der Waals surface area contributed by atoms with Crippen LogP contribution in [0.25, 0.3) is 0 Å². The second-order valence-electron chi connectivity index (χ2n) is 5.45. The molecule has 0 amide bonds. The molecule has 0 saturated carbocycles. The van der Waals surface area contributed by atoms with E-state index in [2.05, 4.69) is 30.0 Å². The van der Waals surface area contributed by atoms with Crippen LogP contribution in [0.4, 0.5) is 0 Å². The summed E-state index contributed by atoms with van der Waals surface area (Å²) in [5.74, 6) is 0.376. The summed E-state index contributed by atoms with van der Waals surface area (Å²) in [4.78, 5) is 17.0. The quantitative estimate of drug-likeness (QED) is 0.729. The molecule has 17 heavy (non-hydrogen) atoms. The van der Waals surface area contributed by atoms with Gasteiger partial charge in [-0.3, -0.25) is 9.69 Å². The number of rotatable bonds is 2. The monoisotopic (exact) mass is 236 g/mol. The molecule has 1 fully saturated rings. The first-order valence-electron chi connectivity index (χ1n) is 6.80. The molecule has 96 valence electrons. The SMILES string of the molecule is CN1CCN(C)C(C(=O)C2=CCCCCC2)C1. The lowest BCUT2D eigenvalue weighted by atomic mass is 9.97. The van der Waals surface area contributed by atoms with Crippen LogP contribution in [0, 0.1) is 0 Å². The second-order valence-corrected chi connectivity index (χ2v) is 5.45. The molecule has 0 N–H and O–H groups in total. The van der Waals surface area contributed by atoms with Gasteiger partial charge in [-0.15, -0.1) is 0 Å². The van der Waals surface area contributed by atoms with Gasteiger partial charge in [0.1, 0.15) is 0 Å². The van der Waals surface area contributed by atoms with E-state index < -0.39 is 0 Å². The number of hydrogen-bond donors (Lipinski definition) is 0. The van der Waals surface area contributed by atoms with Crippen molar-refractivity contribution in [1.29, 1.82) is 0 Å². The van der Waals surface area contributed by atoms with Crippen LogP contribution in [0.5, 0.6) is 0 Å². The Morgan fingerprint density at radius 1 is 1.24 bits per heavy atom. The molecular weight excluding hydrogens is 212 g/mol. The fourth-order valence-electron chi connectivity index (χ4n) is 2.75. The maximum atomic E-state index is 12.5. The summed E-state index contributed by atoms with van der Waals surface area (Å²) in [7, 11) is 4.18. The van der Waals surface area contributed by atoms with Gasteiger partial charge in [-0.1, -0.05) is 12.5 Å². The Balaban J connectivity index is 2.04. The topological polar surface area (TPSA) is 23.6 Å². The molecule has 1 aliphatic carbocycles. The first kappa shape index (κ1) is 12.8. The number of carbonyl (C=O) groups excluding carboxylic acids is 1. The molecular formula is C14H24N2O. The lowest BCUT2D eigenvalue weighted by Crippen LogP contribution is -2.53. The summed E-state index contributed by atoms with van der Waals surface area (Å²) in [6, 6.07) is 0.0816. The number of piperazine rings is 1. The maximum absolute atomic E-state index is 12.5. The minimum absolute atomic E-state index is 0.0816. The number of allylic oxidation sites excluding steroid dienone is 1. The smallest absolute Gasteiger partial charge is 0.176 e. The third-order valence-electron chi connectivity index (χ3n) is 4.01. The molecule has 1 atom stereocenters. The Hall–Kier alpha value is -0.670. The fourth-order valence-corrected chi connectivity index (χ4v) is 2.75. The van der Waals surface area contributed by atoms with E-state index in [0.29, 0.717) is 5.78 Å². The molecule has 0 bridgehead atoms. The van der Waals surface area contributed by atoms with Crippen molar-refractivity contribution in [3.63, 3.8) is 0 Å². The van der Waals surface area contributed by atoms with E-state index in [1.807, 2.05) is 0 Å². The number of Topliss-reactive ketones (excluding diaryl/α,β-unsaturated/α-hetero) is 1. The van der Waals surface area contributed by atoms with E-state index in [9.17, 15) is 4.79 Å². The largest absolute Gasteiger partial charge is 0.303 e. The molecule has 1 saturated heterocycles. The van der Waals surface area contributed by atoms with Crippen LogP contribution >= 0.6 is 0 Å². The Kier molecular flexibility index (Phi) is 4.35.